The van der Waals surface area contributed by atoms with Gasteiger partial charge in [-0.3, -0.25) is 0 Å². The van der Waals surface area contributed by atoms with Crippen molar-refractivity contribution in [1.29, 1.82) is 0 Å². The highest BCUT2D eigenvalue weighted by atomic mass is 79.9. The summed E-state index contributed by atoms with van der Waals surface area (Å²) < 4.78 is 7.45. The van der Waals surface area contributed by atoms with E-state index in [9.17, 15) is 0 Å². The predicted molar refractivity (Wildman–Crippen MR) is 85.5 cm³/mol. The van der Waals surface area contributed by atoms with E-state index in [1.54, 1.807) is 0 Å². The van der Waals surface area contributed by atoms with Crippen LogP contribution in [0.5, 0.6) is 5.75 Å². The van der Waals surface area contributed by atoms with Crippen LogP contribution in [-0.2, 0) is 0 Å². The molecule has 2 aromatic carbocycles. The standard InChI is InChI=1S/C15H15Br2NO/c1-2-19-10-7-8-12(14(17)9-10)15(18)11-5-3-4-6-13(11)16/h3-9,15H,2,18H2,1H3. The molecule has 0 radical (unpaired) electrons. The van der Waals surface area contributed by atoms with Crippen molar-refractivity contribution >= 4 is 31.9 Å². The van der Waals surface area contributed by atoms with Crippen molar-refractivity contribution in [3.05, 3.63) is 62.5 Å². The summed E-state index contributed by atoms with van der Waals surface area (Å²) in [5.41, 5.74) is 8.44. The Labute approximate surface area is 130 Å². The Morgan fingerprint density at radius 3 is 2.37 bits per heavy atom. The number of halogens is 2. The van der Waals surface area contributed by atoms with Gasteiger partial charge in [0.15, 0.2) is 0 Å². The van der Waals surface area contributed by atoms with Crippen molar-refractivity contribution in [1.82, 2.24) is 0 Å². The monoisotopic (exact) mass is 383 g/mol. The van der Waals surface area contributed by atoms with Crippen molar-refractivity contribution in [2.75, 3.05) is 6.61 Å². The fraction of sp³-hybridized carbons (Fsp3) is 0.200. The second kappa shape index (κ2) is 6.55. The van der Waals surface area contributed by atoms with Gasteiger partial charge in [0.2, 0.25) is 0 Å². The van der Waals surface area contributed by atoms with Gasteiger partial charge in [0, 0.05) is 8.95 Å². The van der Waals surface area contributed by atoms with E-state index >= 15 is 0 Å². The summed E-state index contributed by atoms with van der Waals surface area (Å²) in [6.45, 7) is 2.62. The zero-order valence-corrected chi connectivity index (χ0v) is 13.7. The number of benzene rings is 2. The normalized spacial score (nSPS) is 12.2. The Bertz CT molecular complexity index is 572. The molecular weight excluding hydrogens is 370 g/mol. The molecule has 0 aromatic heterocycles. The van der Waals surface area contributed by atoms with Crippen LogP contribution in [-0.4, -0.2) is 6.61 Å². The SMILES string of the molecule is CCOc1ccc(C(N)c2ccccc2Br)c(Br)c1. The molecule has 1 unspecified atom stereocenters. The predicted octanol–water partition coefficient (Wildman–Crippen LogP) is 4.66. The lowest BCUT2D eigenvalue weighted by molar-refractivity contribution is 0.340. The Kier molecular flexibility index (Phi) is 5.02. The Morgan fingerprint density at radius 1 is 1.05 bits per heavy atom. The van der Waals surface area contributed by atoms with Crippen LogP contribution in [0.15, 0.2) is 51.4 Å². The fourth-order valence-corrected chi connectivity index (χ4v) is 3.05. The van der Waals surface area contributed by atoms with Crippen LogP contribution in [0, 0.1) is 0 Å². The van der Waals surface area contributed by atoms with E-state index < -0.39 is 0 Å². The number of hydrogen-bond donors (Lipinski definition) is 1. The molecule has 0 saturated heterocycles. The average Bonchev–Trinajstić information content (AvgIpc) is 2.39. The molecule has 19 heavy (non-hydrogen) atoms. The molecular formula is C15H15Br2NO. The summed E-state index contributed by atoms with van der Waals surface area (Å²) >= 11 is 7.10. The molecule has 0 bridgehead atoms. The van der Waals surface area contributed by atoms with Gasteiger partial charge in [0.1, 0.15) is 5.75 Å². The zero-order valence-electron chi connectivity index (χ0n) is 10.6. The molecule has 0 aliphatic carbocycles. The number of ether oxygens (including phenoxy) is 1. The topological polar surface area (TPSA) is 35.2 Å². The van der Waals surface area contributed by atoms with Crippen LogP contribution in [0.1, 0.15) is 24.1 Å². The van der Waals surface area contributed by atoms with Crippen molar-refractivity contribution in [2.24, 2.45) is 5.73 Å². The minimum absolute atomic E-state index is 0.180. The number of nitrogens with two attached hydrogens (primary N) is 1. The van der Waals surface area contributed by atoms with Gasteiger partial charge in [0.05, 0.1) is 12.6 Å². The summed E-state index contributed by atoms with van der Waals surface area (Å²) in [5.74, 6) is 0.845. The van der Waals surface area contributed by atoms with E-state index in [1.807, 2.05) is 49.4 Å². The zero-order chi connectivity index (χ0) is 13.8. The third kappa shape index (κ3) is 3.38. The van der Waals surface area contributed by atoms with Crippen molar-refractivity contribution in [3.8, 4) is 5.75 Å². The summed E-state index contributed by atoms with van der Waals surface area (Å²) in [4.78, 5) is 0. The second-order valence-corrected chi connectivity index (χ2v) is 5.82. The van der Waals surface area contributed by atoms with Crippen LogP contribution in [0.2, 0.25) is 0 Å². The maximum absolute atomic E-state index is 6.34. The van der Waals surface area contributed by atoms with Crippen molar-refractivity contribution in [2.45, 2.75) is 13.0 Å². The molecule has 4 heteroatoms. The minimum atomic E-state index is -0.180. The highest BCUT2D eigenvalue weighted by Gasteiger charge is 2.15. The lowest BCUT2D eigenvalue weighted by Crippen LogP contribution is -2.13. The molecule has 1 atom stereocenters. The fourth-order valence-electron chi connectivity index (χ4n) is 1.91. The van der Waals surface area contributed by atoms with Gasteiger partial charge in [0.25, 0.3) is 0 Å². The van der Waals surface area contributed by atoms with Crippen LogP contribution in [0.4, 0.5) is 0 Å². The van der Waals surface area contributed by atoms with E-state index in [1.165, 1.54) is 0 Å². The van der Waals surface area contributed by atoms with Crippen molar-refractivity contribution in [3.63, 3.8) is 0 Å². The molecule has 0 fully saturated rings. The summed E-state index contributed by atoms with van der Waals surface area (Å²) in [5, 5.41) is 0. The van der Waals surface area contributed by atoms with Gasteiger partial charge in [-0.05, 0) is 36.2 Å². The molecule has 100 valence electrons. The lowest BCUT2D eigenvalue weighted by atomic mass is 10.00. The van der Waals surface area contributed by atoms with E-state index in [4.69, 9.17) is 10.5 Å². The largest absolute Gasteiger partial charge is 0.494 e. The second-order valence-electron chi connectivity index (χ2n) is 4.12. The van der Waals surface area contributed by atoms with Gasteiger partial charge in [-0.15, -0.1) is 0 Å². The molecule has 0 aliphatic rings. The summed E-state index contributed by atoms with van der Waals surface area (Å²) in [6, 6.07) is 13.7. The van der Waals surface area contributed by atoms with Gasteiger partial charge >= 0.3 is 0 Å². The Morgan fingerprint density at radius 2 is 1.74 bits per heavy atom. The van der Waals surface area contributed by atoms with Crippen molar-refractivity contribution < 1.29 is 4.74 Å². The third-order valence-corrected chi connectivity index (χ3v) is 4.27. The van der Waals surface area contributed by atoms with Gasteiger partial charge < -0.3 is 10.5 Å². The molecule has 0 spiro atoms. The maximum Gasteiger partial charge on any atom is 0.120 e. The molecule has 2 N–H and O–H groups in total. The molecule has 0 aliphatic heterocycles. The highest BCUT2D eigenvalue weighted by molar-refractivity contribution is 9.10. The van der Waals surface area contributed by atoms with Gasteiger partial charge in [-0.2, -0.15) is 0 Å². The number of rotatable bonds is 4. The van der Waals surface area contributed by atoms with Gasteiger partial charge in [-0.1, -0.05) is 56.1 Å². The maximum atomic E-state index is 6.34. The first-order chi connectivity index (χ1) is 9.13. The molecule has 2 rings (SSSR count). The first kappa shape index (κ1) is 14.6. The highest BCUT2D eigenvalue weighted by Crippen LogP contribution is 2.32. The van der Waals surface area contributed by atoms with Gasteiger partial charge in [-0.25, -0.2) is 0 Å². The lowest BCUT2D eigenvalue weighted by Gasteiger charge is -2.16. The molecule has 2 nitrogen and oxygen atoms in total. The quantitative estimate of drug-likeness (QED) is 0.831. The van der Waals surface area contributed by atoms with Crippen LogP contribution in [0.25, 0.3) is 0 Å². The van der Waals surface area contributed by atoms with Crippen LogP contribution >= 0.6 is 31.9 Å². The Balaban J connectivity index is 2.34. The molecule has 0 heterocycles. The van der Waals surface area contributed by atoms with Crippen LogP contribution < -0.4 is 10.5 Å². The average molecular weight is 385 g/mol. The summed E-state index contributed by atoms with van der Waals surface area (Å²) in [6.07, 6.45) is 0. The van der Waals surface area contributed by atoms with Crippen LogP contribution in [0.3, 0.4) is 0 Å². The minimum Gasteiger partial charge on any atom is -0.494 e. The Hall–Kier alpha value is -0.840. The third-order valence-electron chi connectivity index (χ3n) is 2.86. The molecule has 0 amide bonds. The first-order valence-corrected chi connectivity index (χ1v) is 7.64. The van der Waals surface area contributed by atoms with E-state index in [0.717, 1.165) is 25.8 Å². The summed E-state index contributed by atoms with van der Waals surface area (Å²) in [7, 11) is 0. The molecule has 0 saturated carbocycles. The first-order valence-electron chi connectivity index (χ1n) is 6.05. The smallest absolute Gasteiger partial charge is 0.120 e. The van der Waals surface area contributed by atoms with E-state index in [0.29, 0.717) is 6.61 Å². The van der Waals surface area contributed by atoms with E-state index in [-0.39, 0.29) is 6.04 Å². The number of hydrogen-bond acceptors (Lipinski definition) is 2. The molecule has 2 aromatic rings. The van der Waals surface area contributed by atoms with E-state index in [2.05, 4.69) is 31.9 Å².